The van der Waals surface area contributed by atoms with E-state index in [4.69, 9.17) is 9.15 Å². The van der Waals surface area contributed by atoms with Crippen molar-refractivity contribution < 1.29 is 23.5 Å². The van der Waals surface area contributed by atoms with Crippen LogP contribution in [0.25, 0.3) is 11.3 Å². The van der Waals surface area contributed by atoms with Crippen molar-refractivity contribution >= 4 is 17.8 Å². The maximum atomic E-state index is 13.3. The second-order valence-corrected chi connectivity index (χ2v) is 10.1. The minimum atomic E-state index is -0.931. The van der Waals surface area contributed by atoms with Crippen molar-refractivity contribution in [1.82, 2.24) is 20.0 Å². The van der Waals surface area contributed by atoms with Gasteiger partial charge in [-0.05, 0) is 56.9 Å². The molecular weight excluding hydrogens is 460 g/mol. The van der Waals surface area contributed by atoms with E-state index in [9.17, 15) is 14.4 Å². The highest BCUT2D eigenvalue weighted by molar-refractivity contribution is 6.07. The maximum absolute atomic E-state index is 13.3. The first-order valence-electron chi connectivity index (χ1n) is 12.8. The van der Waals surface area contributed by atoms with Crippen molar-refractivity contribution in [3.05, 3.63) is 47.7 Å². The Morgan fingerprint density at radius 1 is 1.00 bits per heavy atom. The molecule has 36 heavy (non-hydrogen) atoms. The number of ether oxygens (including phenoxy) is 1. The summed E-state index contributed by atoms with van der Waals surface area (Å²) in [5, 5.41) is 2.97. The molecule has 9 nitrogen and oxygen atoms in total. The summed E-state index contributed by atoms with van der Waals surface area (Å²) in [6, 6.07) is 11.0. The number of hydrogen-bond acceptors (Lipinski definition) is 6. The summed E-state index contributed by atoms with van der Waals surface area (Å²) in [4.78, 5) is 44.5. The fraction of sp³-hybridized carbons (Fsp3) is 0.519. The topological polar surface area (TPSA) is 95.3 Å². The number of furan rings is 1. The van der Waals surface area contributed by atoms with Gasteiger partial charge in [-0.1, -0.05) is 12.1 Å². The number of urea groups is 1. The van der Waals surface area contributed by atoms with Crippen LogP contribution < -0.4 is 5.32 Å². The summed E-state index contributed by atoms with van der Waals surface area (Å²) < 4.78 is 11.0. The Morgan fingerprint density at radius 3 is 2.33 bits per heavy atom. The second kappa shape index (κ2) is 10.1. The zero-order valence-electron chi connectivity index (χ0n) is 21.0. The van der Waals surface area contributed by atoms with E-state index < -0.39 is 5.54 Å². The highest BCUT2D eigenvalue weighted by Crippen LogP contribution is 2.34. The molecule has 2 aromatic rings. The normalized spacial score (nSPS) is 23.8. The van der Waals surface area contributed by atoms with Gasteiger partial charge in [0.25, 0.3) is 11.8 Å². The average molecular weight is 495 g/mol. The summed E-state index contributed by atoms with van der Waals surface area (Å²) in [5.74, 6) is 1.43. The van der Waals surface area contributed by atoms with Crippen LogP contribution in [0.15, 0.2) is 40.8 Å². The zero-order chi connectivity index (χ0) is 25.3. The number of carbonyl (C=O) groups is 3. The highest BCUT2D eigenvalue weighted by atomic mass is 16.5. The van der Waals surface area contributed by atoms with Gasteiger partial charge in [-0.15, -0.1) is 0 Å². The fourth-order valence-electron chi connectivity index (χ4n) is 5.47. The van der Waals surface area contributed by atoms with Gasteiger partial charge in [0.05, 0.1) is 13.2 Å². The van der Waals surface area contributed by atoms with E-state index in [2.05, 4.69) is 10.2 Å². The molecule has 0 bridgehead atoms. The Balaban J connectivity index is 1.16. The number of aryl methyl sites for hydroxylation is 1. The minimum Gasteiger partial charge on any atom is -0.461 e. The first-order valence-corrected chi connectivity index (χ1v) is 12.8. The van der Waals surface area contributed by atoms with Crippen LogP contribution in [-0.4, -0.2) is 90.6 Å². The van der Waals surface area contributed by atoms with Gasteiger partial charge < -0.3 is 19.4 Å². The molecule has 4 heterocycles. The first-order chi connectivity index (χ1) is 17.3. The van der Waals surface area contributed by atoms with E-state index in [0.717, 1.165) is 30.2 Å². The van der Waals surface area contributed by atoms with Crippen molar-refractivity contribution in [2.45, 2.75) is 32.2 Å². The lowest BCUT2D eigenvalue weighted by molar-refractivity contribution is -0.133. The number of benzene rings is 1. The monoisotopic (exact) mass is 494 g/mol. The van der Waals surface area contributed by atoms with Gasteiger partial charge in [0.1, 0.15) is 17.1 Å². The molecule has 0 radical (unpaired) electrons. The number of rotatable bonds is 6. The number of nitrogens with one attached hydrogen (secondary N) is 1. The highest BCUT2D eigenvalue weighted by Gasteiger charge is 2.52. The Hall–Kier alpha value is -3.17. The molecule has 9 heteroatoms. The van der Waals surface area contributed by atoms with Crippen LogP contribution in [-0.2, 0) is 9.53 Å². The number of carbonyl (C=O) groups excluding carboxylic acids is 3. The van der Waals surface area contributed by atoms with Crippen LogP contribution in [0.3, 0.4) is 0 Å². The molecule has 1 unspecified atom stereocenters. The average Bonchev–Trinajstić information content (AvgIpc) is 3.43. The maximum Gasteiger partial charge on any atom is 0.325 e. The molecule has 1 aromatic carbocycles. The van der Waals surface area contributed by atoms with Crippen LogP contribution in [0, 0.1) is 12.8 Å². The number of nitrogens with zero attached hydrogens (tertiary/aromatic N) is 3. The number of imide groups is 1. The molecule has 4 amide bonds. The van der Waals surface area contributed by atoms with Crippen LogP contribution >= 0.6 is 0 Å². The molecule has 5 rings (SSSR count). The first kappa shape index (κ1) is 24.5. The van der Waals surface area contributed by atoms with Gasteiger partial charge in [-0.2, -0.15) is 0 Å². The van der Waals surface area contributed by atoms with Crippen LogP contribution in [0.4, 0.5) is 4.79 Å². The zero-order valence-corrected chi connectivity index (χ0v) is 21.0. The van der Waals surface area contributed by atoms with Crippen molar-refractivity contribution in [2.24, 2.45) is 5.92 Å². The standard InChI is InChI=1S/C27H34N4O5/c1-19-3-8-23(36-19)20-4-6-21(7-5-20)24(32)30-11-9-22(10-12-30)27(2)25(33)31(26(34)28-27)14-13-29-15-17-35-18-16-29/h3-8,22H,9-18H2,1-2H3,(H,28,34). The van der Waals surface area contributed by atoms with Crippen molar-refractivity contribution in [3.63, 3.8) is 0 Å². The van der Waals surface area contributed by atoms with Crippen molar-refractivity contribution in [2.75, 3.05) is 52.5 Å². The molecule has 0 saturated carbocycles. The lowest BCUT2D eigenvalue weighted by atomic mass is 9.78. The minimum absolute atomic E-state index is 0.0176. The Bertz CT molecular complexity index is 1120. The van der Waals surface area contributed by atoms with Crippen LogP contribution in [0.5, 0.6) is 0 Å². The van der Waals surface area contributed by atoms with Gasteiger partial charge in [0.2, 0.25) is 0 Å². The van der Waals surface area contributed by atoms with E-state index in [1.54, 1.807) is 0 Å². The lowest BCUT2D eigenvalue weighted by Crippen LogP contribution is -2.54. The van der Waals surface area contributed by atoms with Crippen LogP contribution in [0.2, 0.25) is 0 Å². The molecule has 1 aromatic heterocycles. The third-order valence-corrected chi connectivity index (χ3v) is 7.80. The van der Waals surface area contributed by atoms with E-state index >= 15 is 0 Å². The van der Waals surface area contributed by atoms with E-state index in [1.165, 1.54) is 4.90 Å². The molecule has 0 aliphatic carbocycles. The van der Waals surface area contributed by atoms with E-state index in [-0.39, 0.29) is 23.8 Å². The van der Waals surface area contributed by atoms with Crippen molar-refractivity contribution in [3.8, 4) is 11.3 Å². The molecule has 3 aliphatic heterocycles. The number of likely N-dealkylation sites (tertiary alicyclic amines) is 1. The Labute approximate surface area is 211 Å². The van der Waals surface area contributed by atoms with Gasteiger partial charge in [-0.25, -0.2) is 4.79 Å². The molecule has 0 spiro atoms. The lowest BCUT2D eigenvalue weighted by Gasteiger charge is -2.39. The summed E-state index contributed by atoms with van der Waals surface area (Å²) in [7, 11) is 0. The third-order valence-electron chi connectivity index (χ3n) is 7.80. The summed E-state index contributed by atoms with van der Waals surface area (Å²) in [6.45, 7) is 8.88. The summed E-state index contributed by atoms with van der Waals surface area (Å²) in [5.41, 5.74) is 0.631. The Morgan fingerprint density at radius 2 is 1.69 bits per heavy atom. The van der Waals surface area contributed by atoms with Crippen molar-refractivity contribution in [1.29, 1.82) is 0 Å². The fourth-order valence-corrected chi connectivity index (χ4v) is 5.47. The predicted octanol–water partition coefficient (Wildman–Crippen LogP) is 2.75. The van der Waals surface area contributed by atoms with Crippen LogP contribution in [0.1, 0.15) is 35.9 Å². The number of amides is 4. The van der Waals surface area contributed by atoms with Gasteiger partial charge in [0, 0.05) is 50.4 Å². The van der Waals surface area contributed by atoms with Gasteiger partial charge >= 0.3 is 6.03 Å². The Kier molecular flexibility index (Phi) is 6.85. The number of morpholine rings is 1. The molecule has 3 fully saturated rings. The second-order valence-electron chi connectivity index (χ2n) is 10.1. The SMILES string of the molecule is Cc1ccc(-c2ccc(C(=O)N3CCC(C4(C)NC(=O)N(CCN5CCOCC5)C4=O)CC3)cc2)o1. The summed E-state index contributed by atoms with van der Waals surface area (Å²) >= 11 is 0. The number of hydrogen-bond donors (Lipinski definition) is 1. The number of piperidine rings is 1. The molecule has 192 valence electrons. The summed E-state index contributed by atoms with van der Waals surface area (Å²) in [6.07, 6.45) is 1.32. The molecule has 1 atom stereocenters. The largest absolute Gasteiger partial charge is 0.461 e. The molecule has 3 aliphatic rings. The molecule has 1 N–H and O–H groups in total. The molecular formula is C27H34N4O5. The van der Waals surface area contributed by atoms with E-state index in [0.29, 0.717) is 57.8 Å². The predicted molar refractivity (Wildman–Crippen MR) is 133 cm³/mol. The van der Waals surface area contributed by atoms with Gasteiger partial charge in [0.15, 0.2) is 0 Å². The molecule has 3 saturated heterocycles. The third kappa shape index (κ3) is 4.77. The van der Waals surface area contributed by atoms with Gasteiger partial charge in [-0.3, -0.25) is 19.4 Å². The smallest absolute Gasteiger partial charge is 0.325 e. The quantitative estimate of drug-likeness (QED) is 0.621. The van der Waals surface area contributed by atoms with E-state index in [1.807, 2.05) is 55.1 Å².